The molecule has 0 spiro atoms. The topological polar surface area (TPSA) is 76.7 Å². The van der Waals surface area contributed by atoms with Crippen LogP contribution < -0.4 is 20.1 Å². The van der Waals surface area contributed by atoms with E-state index >= 15 is 0 Å². The van der Waals surface area contributed by atoms with Crippen LogP contribution in [0, 0.1) is 0 Å². The molecule has 0 aliphatic heterocycles. The van der Waals surface area contributed by atoms with Crippen LogP contribution in [-0.2, 0) is 9.59 Å². The van der Waals surface area contributed by atoms with Crippen LogP contribution in [0.1, 0.15) is 13.8 Å². The van der Waals surface area contributed by atoms with Crippen LogP contribution in [0.2, 0.25) is 5.02 Å². The van der Waals surface area contributed by atoms with E-state index in [9.17, 15) is 9.59 Å². The summed E-state index contributed by atoms with van der Waals surface area (Å²) < 4.78 is 10.5. The van der Waals surface area contributed by atoms with Gasteiger partial charge in [0.15, 0.2) is 0 Å². The van der Waals surface area contributed by atoms with E-state index in [1.807, 2.05) is 12.1 Å². The highest BCUT2D eigenvalue weighted by Gasteiger charge is 2.18. The maximum atomic E-state index is 12.6. The molecule has 2 N–H and O–H groups in total. The summed E-state index contributed by atoms with van der Waals surface area (Å²) in [7, 11) is 3.00. The second-order valence-electron chi connectivity index (χ2n) is 5.64. The van der Waals surface area contributed by atoms with Gasteiger partial charge in [-0.2, -0.15) is 0 Å². The maximum Gasteiger partial charge on any atom is 0.237 e. The number of thioether (sulfide) groups is 1. The molecule has 27 heavy (non-hydrogen) atoms. The van der Waals surface area contributed by atoms with E-state index in [1.165, 1.54) is 32.9 Å². The molecule has 1 unspecified atom stereocenters. The second-order valence-corrected chi connectivity index (χ2v) is 7.46. The number of benzene rings is 2. The highest BCUT2D eigenvalue weighted by Crippen LogP contribution is 2.36. The fourth-order valence-corrected chi connectivity index (χ4v) is 3.37. The van der Waals surface area contributed by atoms with E-state index in [-0.39, 0.29) is 17.1 Å². The summed E-state index contributed by atoms with van der Waals surface area (Å²) in [6.07, 6.45) is 0. The Morgan fingerprint density at radius 3 is 2.22 bits per heavy atom. The van der Waals surface area contributed by atoms with E-state index in [2.05, 4.69) is 10.6 Å². The van der Waals surface area contributed by atoms with E-state index in [1.54, 1.807) is 31.2 Å². The minimum Gasteiger partial charge on any atom is -0.495 e. The van der Waals surface area contributed by atoms with Gasteiger partial charge in [-0.3, -0.25) is 9.59 Å². The first kappa shape index (κ1) is 20.9. The Balaban J connectivity index is 2.06. The lowest BCUT2D eigenvalue weighted by molar-refractivity contribution is -0.115. The van der Waals surface area contributed by atoms with Crippen LogP contribution in [0.3, 0.4) is 0 Å². The van der Waals surface area contributed by atoms with Gasteiger partial charge < -0.3 is 20.1 Å². The number of halogens is 1. The predicted molar refractivity (Wildman–Crippen MR) is 109 cm³/mol. The van der Waals surface area contributed by atoms with Crippen molar-refractivity contribution in [2.24, 2.45) is 0 Å². The summed E-state index contributed by atoms with van der Waals surface area (Å²) in [5.41, 5.74) is 1.19. The highest BCUT2D eigenvalue weighted by atomic mass is 35.5. The van der Waals surface area contributed by atoms with Gasteiger partial charge in [-0.05, 0) is 31.2 Å². The van der Waals surface area contributed by atoms with Crippen LogP contribution in [0.5, 0.6) is 11.5 Å². The van der Waals surface area contributed by atoms with Gasteiger partial charge in [-0.1, -0.05) is 11.6 Å². The third-order valence-corrected chi connectivity index (χ3v) is 5.00. The Kier molecular flexibility index (Phi) is 7.38. The highest BCUT2D eigenvalue weighted by molar-refractivity contribution is 8.00. The Morgan fingerprint density at radius 2 is 1.67 bits per heavy atom. The summed E-state index contributed by atoms with van der Waals surface area (Å²) in [5.74, 6) is 0.580. The molecule has 6 nitrogen and oxygen atoms in total. The van der Waals surface area contributed by atoms with Crippen molar-refractivity contribution in [3.05, 3.63) is 41.4 Å². The normalized spacial score (nSPS) is 11.4. The number of ether oxygens (including phenoxy) is 2. The molecule has 2 aromatic carbocycles. The predicted octanol–water partition coefficient (Wildman–Crippen LogP) is 4.43. The smallest absolute Gasteiger partial charge is 0.237 e. The Labute approximate surface area is 167 Å². The zero-order valence-corrected chi connectivity index (χ0v) is 17.0. The van der Waals surface area contributed by atoms with Crippen LogP contribution in [0.15, 0.2) is 41.3 Å². The van der Waals surface area contributed by atoms with Gasteiger partial charge in [0.05, 0.1) is 30.2 Å². The first-order valence-corrected chi connectivity index (χ1v) is 9.36. The molecule has 0 heterocycles. The van der Waals surface area contributed by atoms with Crippen molar-refractivity contribution in [1.82, 2.24) is 0 Å². The molecule has 1 atom stereocenters. The molecule has 0 bridgehead atoms. The average Bonchev–Trinajstić information content (AvgIpc) is 2.63. The number of nitrogens with one attached hydrogen (secondary N) is 2. The molecule has 0 saturated heterocycles. The lowest BCUT2D eigenvalue weighted by atomic mass is 10.2. The second kappa shape index (κ2) is 9.53. The van der Waals surface area contributed by atoms with Gasteiger partial charge in [0.2, 0.25) is 11.8 Å². The average molecular weight is 409 g/mol. The van der Waals surface area contributed by atoms with Crippen LogP contribution in [-0.4, -0.2) is 31.3 Å². The molecule has 8 heteroatoms. The van der Waals surface area contributed by atoms with Crippen molar-refractivity contribution >= 4 is 46.6 Å². The molecular weight excluding hydrogens is 388 g/mol. The molecular formula is C19H21ClN2O4S. The number of rotatable bonds is 7. The number of carbonyl (C=O) groups is 2. The summed E-state index contributed by atoms with van der Waals surface area (Å²) >= 11 is 7.49. The maximum absolute atomic E-state index is 12.6. The largest absolute Gasteiger partial charge is 0.495 e. The molecule has 0 radical (unpaired) electrons. The van der Waals surface area contributed by atoms with Gasteiger partial charge in [0, 0.05) is 29.6 Å². The van der Waals surface area contributed by atoms with Crippen LogP contribution >= 0.6 is 23.4 Å². The summed E-state index contributed by atoms with van der Waals surface area (Å²) in [4.78, 5) is 24.5. The van der Waals surface area contributed by atoms with Gasteiger partial charge >= 0.3 is 0 Å². The Hall–Kier alpha value is -2.38. The number of methoxy groups -OCH3 is 2. The lowest BCUT2D eigenvalue weighted by Crippen LogP contribution is -2.22. The third-order valence-electron chi connectivity index (χ3n) is 3.59. The number of hydrogen-bond donors (Lipinski definition) is 2. The van der Waals surface area contributed by atoms with Crippen molar-refractivity contribution in [2.45, 2.75) is 24.0 Å². The minimum atomic E-state index is -0.358. The summed E-state index contributed by atoms with van der Waals surface area (Å²) in [6, 6.07) is 10.5. The fraction of sp³-hybridized carbons (Fsp3) is 0.263. The van der Waals surface area contributed by atoms with Crippen molar-refractivity contribution in [2.75, 3.05) is 24.9 Å². The van der Waals surface area contributed by atoms with Gasteiger partial charge in [-0.25, -0.2) is 0 Å². The van der Waals surface area contributed by atoms with E-state index in [4.69, 9.17) is 21.1 Å². The molecule has 0 fully saturated rings. The fourth-order valence-electron chi connectivity index (χ4n) is 2.27. The standard InChI is InChI=1S/C19H21ClN2O4S/c1-11(27-14-7-5-13(6-8-14)21-12(2)23)19(24)22-16-10-17(25-3)15(20)9-18(16)26-4/h5-11H,1-4H3,(H,21,23)(H,22,24). The minimum absolute atomic E-state index is 0.129. The van der Waals surface area contributed by atoms with Crippen LogP contribution in [0.25, 0.3) is 0 Å². The van der Waals surface area contributed by atoms with Crippen molar-refractivity contribution in [1.29, 1.82) is 0 Å². The summed E-state index contributed by atoms with van der Waals surface area (Å²) in [5, 5.41) is 5.58. The third kappa shape index (κ3) is 5.80. The number of carbonyl (C=O) groups excluding carboxylic acids is 2. The SMILES string of the molecule is COc1cc(NC(=O)C(C)Sc2ccc(NC(C)=O)cc2)c(OC)cc1Cl. The number of amides is 2. The first-order valence-electron chi connectivity index (χ1n) is 8.10. The zero-order chi connectivity index (χ0) is 20.0. The zero-order valence-electron chi connectivity index (χ0n) is 15.5. The van der Waals surface area contributed by atoms with E-state index < -0.39 is 0 Å². The monoisotopic (exact) mass is 408 g/mol. The molecule has 0 saturated carbocycles. The van der Waals surface area contributed by atoms with Crippen molar-refractivity contribution in [3.8, 4) is 11.5 Å². The van der Waals surface area contributed by atoms with Crippen molar-refractivity contribution < 1.29 is 19.1 Å². The van der Waals surface area contributed by atoms with E-state index in [0.717, 1.165) is 4.90 Å². The number of hydrogen-bond acceptors (Lipinski definition) is 5. The molecule has 0 aromatic heterocycles. The molecule has 0 aliphatic carbocycles. The summed E-state index contributed by atoms with van der Waals surface area (Å²) in [6.45, 7) is 3.26. The van der Waals surface area contributed by atoms with Crippen molar-refractivity contribution in [3.63, 3.8) is 0 Å². The van der Waals surface area contributed by atoms with Crippen LogP contribution in [0.4, 0.5) is 11.4 Å². The molecule has 2 rings (SSSR count). The van der Waals surface area contributed by atoms with E-state index in [0.29, 0.717) is 27.9 Å². The molecule has 2 amide bonds. The first-order chi connectivity index (χ1) is 12.8. The van der Waals surface area contributed by atoms with Gasteiger partial charge in [-0.15, -0.1) is 11.8 Å². The van der Waals surface area contributed by atoms with Gasteiger partial charge in [0.25, 0.3) is 0 Å². The molecule has 144 valence electrons. The Morgan fingerprint density at radius 1 is 1.04 bits per heavy atom. The lowest BCUT2D eigenvalue weighted by Gasteiger charge is -2.16. The number of anilines is 2. The molecule has 2 aromatic rings. The quantitative estimate of drug-likeness (QED) is 0.662. The molecule has 0 aliphatic rings. The Bertz CT molecular complexity index is 827. The van der Waals surface area contributed by atoms with Gasteiger partial charge in [0.1, 0.15) is 11.5 Å².